The van der Waals surface area contributed by atoms with Gasteiger partial charge in [-0.3, -0.25) is 9.59 Å². The van der Waals surface area contributed by atoms with E-state index in [1.807, 2.05) is 19.1 Å². The molecule has 2 nitrogen and oxygen atoms in total. The van der Waals surface area contributed by atoms with Crippen LogP contribution in [0.5, 0.6) is 0 Å². The van der Waals surface area contributed by atoms with Gasteiger partial charge in [0.1, 0.15) is 0 Å². The molecule has 0 atom stereocenters. The van der Waals surface area contributed by atoms with Crippen molar-refractivity contribution in [3.63, 3.8) is 0 Å². The van der Waals surface area contributed by atoms with Crippen molar-refractivity contribution >= 4 is 27.5 Å². The normalized spacial score (nSPS) is 9.69. The van der Waals surface area contributed by atoms with Gasteiger partial charge in [-0.05, 0) is 6.92 Å². The third kappa shape index (κ3) is 2.49. The van der Waals surface area contributed by atoms with E-state index in [-0.39, 0.29) is 5.33 Å². The molecular weight excluding hydrogens is 232 g/mol. The first kappa shape index (κ1) is 10.1. The maximum Gasteiger partial charge on any atom is 0.229 e. The van der Waals surface area contributed by atoms with Gasteiger partial charge in [0.2, 0.25) is 11.6 Å². The number of benzene rings is 1. The molecule has 0 spiro atoms. The Hall–Kier alpha value is -0.960. The summed E-state index contributed by atoms with van der Waals surface area (Å²) >= 11 is 2.96. The number of hydrogen-bond acceptors (Lipinski definition) is 2. The van der Waals surface area contributed by atoms with Crippen LogP contribution in [0, 0.1) is 6.92 Å². The highest BCUT2D eigenvalue weighted by Crippen LogP contribution is 2.05. The summed E-state index contributed by atoms with van der Waals surface area (Å²) in [6.45, 7) is 1.93. The van der Waals surface area contributed by atoms with E-state index in [4.69, 9.17) is 0 Å². The van der Waals surface area contributed by atoms with E-state index in [9.17, 15) is 9.59 Å². The second-order valence-corrected chi connectivity index (χ2v) is 3.31. The number of halogens is 1. The van der Waals surface area contributed by atoms with Gasteiger partial charge in [-0.15, -0.1) is 0 Å². The molecule has 0 amide bonds. The molecule has 0 aliphatic rings. The number of aryl methyl sites for hydroxylation is 1. The summed E-state index contributed by atoms with van der Waals surface area (Å²) < 4.78 is 0. The molecule has 0 heterocycles. The van der Waals surface area contributed by atoms with Crippen LogP contribution in [-0.4, -0.2) is 16.9 Å². The summed E-state index contributed by atoms with van der Waals surface area (Å²) in [6, 6.07) is 6.96. The van der Waals surface area contributed by atoms with E-state index < -0.39 is 11.6 Å². The van der Waals surface area contributed by atoms with E-state index in [0.29, 0.717) is 5.56 Å². The maximum absolute atomic E-state index is 11.3. The predicted molar refractivity (Wildman–Crippen MR) is 54.3 cm³/mol. The van der Waals surface area contributed by atoms with Crippen molar-refractivity contribution in [1.82, 2.24) is 0 Å². The number of hydrogen-bond donors (Lipinski definition) is 0. The van der Waals surface area contributed by atoms with Crippen LogP contribution in [0.2, 0.25) is 0 Å². The second kappa shape index (κ2) is 4.33. The molecule has 68 valence electrons. The van der Waals surface area contributed by atoms with Gasteiger partial charge in [0.15, 0.2) is 0 Å². The Morgan fingerprint density at radius 2 is 1.77 bits per heavy atom. The topological polar surface area (TPSA) is 34.1 Å². The third-order valence-corrected chi connectivity index (χ3v) is 2.20. The highest BCUT2D eigenvalue weighted by atomic mass is 79.9. The molecule has 1 rings (SSSR count). The van der Waals surface area contributed by atoms with Gasteiger partial charge in [-0.2, -0.15) is 0 Å². The summed E-state index contributed by atoms with van der Waals surface area (Å²) in [5, 5.41) is 0.0830. The highest BCUT2D eigenvalue weighted by molar-refractivity contribution is 9.09. The molecule has 0 unspecified atom stereocenters. The summed E-state index contributed by atoms with van der Waals surface area (Å²) in [4.78, 5) is 22.3. The van der Waals surface area contributed by atoms with Gasteiger partial charge >= 0.3 is 0 Å². The van der Waals surface area contributed by atoms with E-state index in [2.05, 4.69) is 15.9 Å². The van der Waals surface area contributed by atoms with Gasteiger partial charge in [0, 0.05) is 5.56 Å². The molecule has 13 heavy (non-hydrogen) atoms. The third-order valence-electron chi connectivity index (χ3n) is 1.69. The number of carbonyl (C=O) groups is 2. The molecule has 3 heteroatoms. The average Bonchev–Trinajstić information content (AvgIpc) is 2.17. The largest absolute Gasteiger partial charge is 0.290 e. The quantitative estimate of drug-likeness (QED) is 0.461. The Bertz CT molecular complexity index is 327. The number of ketones is 2. The number of carbonyl (C=O) groups excluding carboxylic acids is 2. The first-order chi connectivity index (χ1) is 6.15. The van der Waals surface area contributed by atoms with Crippen LogP contribution in [0.15, 0.2) is 24.3 Å². The Morgan fingerprint density at radius 1 is 1.23 bits per heavy atom. The van der Waals surface area contributed by atoms with Crippen molar-refractivity contribution in [2.75, 3.05) is 5.33 Å². The Balaban J connectivity index is 2.90. The first-order valence-corrected chi connectivity index (χ1v) is 4.97. The fourth-order valence-electron chi connectivity index (χ4n) is 0.927. The molecule has 1 aromatic rings. The zero-order valence-electron chi connectivity index (χ0n) is 7.21. The number of Topliss-reactive ketones (excluding diaryl/α,β-unsaturated/α-hetero) is 2. The molecule has 0 saturated heterocycles. The van der Waals surface area contributed by atoms with Crippen molar-refractivity contribution < 1.29 is 9.59 Å². The number of alkyl halides is 1. The van der Waals surface area contributed by atoms with E-state index in [0.717, 1.165) is 5.56 Å². The fraction of sp³-hybridized carbons (Fsp3) is 0.200. The molecular formula is C10H9BrO2. The fourth-order valence-corrected chi connectivity index (χ4v) is 1.18. The lowest BCUT2D eigenvalue weighted by atomic mass is 10.1. The van der Waals surface area contributed by atoms with Crippen molar-refractivity contribution in [3.05, 3.63) is 35.4 Å². The van der Waals surface area contributed by atoms with E-state index in [1.54, 1.807) is 12.1 Å². The van der Waals surface area contributed by atoms with Crippen molar-refractivity contribution in [2.24, 2.45) is 0 Å². The average molecular weight is 241 g/mol. The Morgan fingerprint density at radius 3 is 2.23 bits per heavy atom. The second-order valence-electron chi connectivity index (χ2n) is 2.75. The van der Waals surface area contributed by atoms with Gasteiger partial charge in [0.05, 0.1) is 5.33 Å². The van der Waals surface area contributed by atoms with Crippen LogP contribution in [0.4, 0.5) is 0 Å². The van der Waals surface area contributed by atoms with Crippen LogP contribution in [0.3, 0.4) is 0 Å². The zero-order chi connectivity index (χ0) is 9.84. The molecule has 0 aromatic heterocycles. The lowest BCUT2D eigenvalue weighted by molar-refractivity contribution is -0.112. The summed E-state index contributed by atoms with van der Waals surface area (Å²) in [5.74, 6) is -0.847. The van der Waals surface area contributed by atoms with Crippen LogP contribution >= 0.6 is 15.9 Å². The highest BCUT2D eigenvalue weighted by Gasteiger charge is 2.13. The molecule has 1 aromatic carbocycles. The molecule has 0 aliphatic heterocycles. The minimum Gasteiger partial charge on any atom is -0.290 e. The van der Waals surface area contributed by atoms with Crippen molar-refractivity contribution in [1.29, 1.82) is 0 Å². The van der Waals surface area contributed by atoms with Crippen LogP contribution in [0.1, 0.15) is 15.9 Å². The number of rotatable bonds is 3. The van der Waals surface area contributed by atoms with E-state index >= 15 is 0 Å². The molecule has 0 bridgehead atoms. The summed E-state index contributed by atoms with van der Waals surface area (Å²) in [7, 11) is 0. The lowest BCUT2D eigenvalue weighted by Crippen LogP contribution is -2.14. The molecule has 0 N–H and O–H groups in total. The van der Waals surface area contributed by atoms with Crippen LogP contribution in [-0.2, 0) is 4.79 Å². The van der Waals surface area contributed by atoms with Gasteiger partial charge in [0.25, 0.3) is 0 Å². The molecule has 0 aliphatic carbocycles. The minimum atomic E-state index is -0.433. The first-order valence-electron chi connectivity index (χ1n) is 3.85. The molecule has 0 radical (unpaired) electrons. The van der Waals surface area contributed by atoms with Crippen LogP contribution in [0.25, 0.3) is 0 Å². The van der Waals surface area contributed by atoms with Crippen LogP contribution < -0.4 is 0 Å². The minimum absolute atomic E-state index is 0.0830. The lowest BCUT2D eigenvalue weighted by Gasteiger charge is -1.97. The summed E-state index contributed by atoms with van der Waals surface area (Å²) in [5.41, 5.74) is 1.53. The zero-order valence-corrected chi connectivity index (χ0v) is 8.80. The predicted octanol–water partition coefficient (Wildman–Crippen LogP) is 2.14. The van der Waals surface area contributed by atoms with Crippen molar-refractivity contribution in [3.8, 4) is 0 Å². The van der Waals surface area contributed by atoms with E-state index in [1.165, 1.54) is 0 Å². The molecule has 0 fully saturated rings. The SMILES string of the molecule is Cc1ccc(C(=O)C(=O)CBr)cc1. The van der Waals surface area contributed by atoms with Gasteiger partial charge in [-0.25, -0.2) is 0 Å². The van der Waals surface area contributed by atoms with Gasteiger partial charge < -0.3 is 0 Å². The van der Waals surface area contributed by atoms with Crippen molar-refractivity contribution in [2.45, 2.75) is 6.92 Å². The smallest absolute Gasteiger partial charge is 0.229 e. The van der Waals surface area contributed by atoms with Gasteiger partial charge in [-0.1, -0.05) is 45.8 Å². The standard InChI is InChI=1S/C10H9BrO2/c1-7-2-4-8(5-3-7)10(13)9(12)6-11/h2-5H,6H2,1H3. The maximum atomic E-state index is 11.3. The Kier molecular flexibility index (Phi) is 3.37. The molecule has 0 saturated carbocycles. The monoisotopic (exact) mass is 240 g/mol. The Labute approximate surface area is 85.1 Å². The summed E-state index contributed by atoms with van der Waals surface area (Å²) in [6.07, 6.45) is 0.